The largest absolute Gasteiger partial charge is 0.360 e. The predicted octanol–water partition coefficient (Wildman–Crippen LogP) is 1.05. The lowest BCUT2D eigenvalue weighted by Gasteiger charge is -2.16. The summed E-state index contributed by atoms with van der Waals surface area (Å²) in [4.78, 5) is 15.3. The van der Waals surface area contributed by atoms with Crippen molar-refractivity contribution in [3.8, 4) is 6.07 Å². The van der Waals surface area contributed by atoms with Gasteiger partial charge in [0.15, 0.2) is 0 Å². The Labute approximate surface area is 132 Å². The molecule has 1 aromatic heterocycles. The Bertz CT molecular complexity index is 759. The molecular formula is C14H14N8O. The van der Waals surface area contributed by atoms with Crippen LogP contribution >= 0.6 is 0 Å². The summed E-state index contributed by atoms with van der Waals surface area (Å²) < 4.78 is 0. The van der Waals surface area contributed by atoms with E-state index in [9.17, 15) is 4.79 Å². The summed E-state index contributed by atoms with van der Waals surface area (Å²) in [6, 6.07) is 9.37. The molecule has 2 amide bonds. The summed E-state index contributed by atoms with van der Waals surface area (Å²) in [6.45, 7) is 1.40. The normalized spacial score (nSPS) is 15.0. The maximum absolute atomic E-state index is 11.9. The Kier molecular flexibility index (Phi) is 3.88. The van der Waals surface area contributed by atoms with Crippen molar-refractivity contribution in [1.82, 2.24) is 25.5 Å². The zero-order valence-corrected chi connectivity index (χ0v) is 12.4. The Morgan fingerprint density at radius 2 is 2.17 bits per heavy atom. The van der Waals surface area contributed by atoms with Crippen molar-refractivity contribution in [3.05, 3.63) is 36.3 Å². The van der Waals surface area contributed by atoms with Gasteiger partial charge in [-0.1, -0.05) is 0 Å². The van der Waals surface area contributed by atoms with Crippen LogP contribution in [-0.4, -0.2) is 51.7 Å². The molecule has 0 spiro atoms. The highest BCUT2D eigenvalue weighted by Crippen LogP contribution is 2.22. The minimum absolute atomic E-state index is 0.00511. The van der Waals surface area contributed by atoms with E-state index in [-0.39, 0.29) is 17.4 Å². The van der Waals surface area contributed by atoms with E-state index in [1.54, 1.807) is 16.8 Å². The monoisotopic (exact) mass is 310 g/mol. The van der Waals surface area contributed by atoms with Crippen LogP contribution in [0.1, 0.15) is 5.82 Å². The van der Waals surface area contributed by atoms with Crippen LogP contribution in [-0.2, 0) is 0 Å². The lowest BCUT2D eigenvalue weighted by atomic mass is 10.2. The van der Waals surface area contributed by atoms with Gasteiger partial charge in [-0.2, -0.15) is 10.5 Å². The number of amides is 2. The van der Waals surface area contributed by atoms with Gasteiger partial charge in [0, 0.05) is 37.7 Å². The SMILES string of the molecule is CN1CCN(c2ccc(NC=C(C#N)c3nn[nH]n3)cc2)C1=O. The first-order chi connectivity index (χ1) is 11.2. The summed E-state index contributed by atoms with van der Waals surface area (Å²) >= 11 is 0. The molecule has 9 nitrogen and oxygen atoms in total. The molecule has 1 fully saturated rings. The molecule has 1 saturated heterocycles. The molecule has 1 aromatic carbocycles. The molecule has 0 radical (unpaired) electrons. The number of nitrogens with one attached hydrogen (secondary N) is 2. The van der Waals surface area contributed by atoms with Gasteiger partial charge in [-0.3, -0.25) is 4.90 Å². The maximum Gasteiger partial charge on any atom is 0.324 e. The highest BCUT2D eigenvalue weighted by Gasteiger charge is 2.26. The zero-order valence-electron chi connectivity index (χ0n) is 12.4. The van der Waals surface area contributed by atoms with Gasteiger partial charge >= 0.3 is 6.03 Å². The summed E-state index contributed by atoms with van der Waals surface area (Å²) in [7, 11) is 1.78. The van der Waals surface area contributed by atoms with Gasteiger partial charge in [0.2, 0.25) is 5.82 Å². The molecule has 0 saturated carbocycles. The van der Waals surface area contributed by atoms with Gasteiger partial charge in [-0.25, -0.2) is 4.79 Å². The van der Waals surface area contributed by atoms with E-state index in [0.29, 0.717) is 6.54 Å². The molecule has 0 atom stereocenters. The number of nitrogens with zero attached hydrogens (tertiary/aromatic N) is 6. The topological polar surface area (TPSA) is 114 Å². The quantitative estimate of drug-likeness (QED) is 0.816. The molecule has 3 rings (SSSR count). The number of allylic oxidation sites excluding steroid dienone is 1. The second-order valence-electron chi connectivity index (χ2n) is 4.95. The number of anilines is 2. The summed E-state index contributed by atoms with van der Waals surface area (Å²) in [5, 5.41) is 25.3. The molecule has 0 aliphatic carbocycles. The Balaban J connectivity index is 1.71. The number of aromatic amines is 1. The molecular weight excluding hydrogens is 296 g/mol. The second-order valence-corrected chi connectivity index (χ2v) is 4.95. The number of rotatable bonds is 4. The van der Waals surface area contributed by atoms with Crippen LogP contribution in [0, 0.1) is 11.3 Å². The number of nitriles is 1. The average Bonchev–Trinajstić information content (AvgIpc) is 3.21. The average molecular weight is 310 g/mol. The van der Waals surface area contributed by atoms with E-state index in [0.717, 1.165) is 17.9 Å². The van der Waals surface area contributed by atoms with Gasteiger partial charge in [0.1, 0.15) is 11.6 Å². The van der Waals surface area contributed by atoms with E-state index in [2.05, 4.69) is 25.9 Å². The number of H-pyrrole nitrogens is 1. The number of likely N-dealkylation sites (N-methyl/N-ethyl adjacent to an activating group) is 1. The summed E-state index contributed by atoms with van der Waals surface area (Å²) in [6.07, 6.45) is 1.51. The van der Waals surface area contributed by atoms with Crippen LogP contribution in [0.25, 0.3) is 5.57 Å². The van der Waals surface area contributed by atoms with E-state index in [1.165, 1.54) is 6.20 Å². The van der Waals surface area contributed by atoms with Gasteiger partial charge in [0.05, 0.1) is 0 Å². The third-order valence-electron chi connectivity index (χ3n) is 3.49. The van der Waals surface area contributed by atoms with Gasteiger partial charge < -0.3 is 10.2 Å². The number of hydrogen-bond donors (Lipinski definition) is 2. The fraction of sp³-hybridized carbons (Fsp3) is 0.214. The van der Waals surface area contributed by atoms with Crippen LogP contribution < -0.4 is 10.2 Å². The van der Waals surface area contributed by atoms with Crippen molar-refractivity contribution in [2.45, 2.75) is 0 Å². The number of carbonyl (C=O) groups excluding carboxylic acids is 1. The summed E-state index contributed by atoms with van der Waals surface area (Å²) in [5.74, 6) is 0.224. The number of hydrogen-bond acceptors (Lipinski definition) is 6. The van der Waals surface area contributed by atoms with Gasteiger partial charge in [-0.05, 0) is 29.5 Å². The second kappa shape index (κ2) is 6.15. The molecule has 23 heavy (non-hydrogen) atoms. The van der Waals surface area contributed by atoms with Gasteiger partial charge in [0.25, 0.3) is 0 Å². The fourth-order valence-electron chi connectivity index (χ4n) is 2.20. The number of benzene rings is 1. The minimum atomic E-state index is -0.00511. The number of urea groups is 1. The first kappa shape index (κ1) is 14.5. The van der Waals surface area contributed by atoms with Crippen molar-refractivity contribution in [1.29, 1.82) is 5.26 Å². The number of aromatic nitrogens is 4. The lowest BCUT2D eigenvalue weighted by molar-refractivity contribution is 0.229. The molecule has 116 valence electrons. The van der Waals surface area contributed by atoms with Gasteiger partial charge in [-0.15, -0.1) is 10.2 Å². The molecule has 1 aliphatic rings. The van der Waals surface area contributed by atoms with E-state index < -0.39 is 0 Å². The van der Waals surface area contributed by atoms with Crippen LogP contribution in [0.15, 0.2) is 30.5 Å². The zero-order chi connectivity index (χ0) is 16.2. The van der Waals surface area contributed by atoms with Crippen molar-refractivity contribution >= 4 is 23.0 Å². The van der Waals surface area contributed by atoms with Crippen LogP contribution in [0.5, 0.6) is 0 Å². The first-order valence-corrected chi connectivity index (χ1v) is 6.92. The molecule has 1 aliphatic heterocycles. The Morgan fingerprint density at radius 3 is 2.74 bits per heavy atom. The number of tetrazole rings is 1. The first-order valence-electron chi connectivity index (χ1n) is 6.92. The highest BCUT2D eigenvalue weighted by atomic mass is 16.2. The van der Waals surface area contributed by atoms with Crippen molar-refractivity contribution in [3.63, 3.8) is 0 Å². The molecule has 2 N–H and O–H groups in total. The molecule has 0 unspecified atom stereocenters. The fourth-order valence-corrected chi connectivity index (χ4v) is 2.20. The number of carbonyl (C=O) groups is 1. The molecule has 9 heteroatoms. The smallest absolute Gasteiger partial charge is 0.324 e. The van der Waals surface area contributed by atoms with E-state index in [4.69, 9.17) is 5.26 Å². The molecule has 0 bridgehead atoms. The van der Waals surface area contributed by atoms with Crippen LogP contribution in [0.2, 0.25) is 0 Å². The predicted molar refractivity (Wildman–Crippen MR) is 83.2 cm³/mol. The third kappa shape index (κ3) is 2.96. The maximum atomic E-state index is 11.9. The molecule has 2 aromatic rings. The standard InChI is InChI=1S/C14H14N8O/c1-21-6-7-22(14(21)23)12-4-2-11(3-5-12)16-9-10(8-15)13-17-19-20-18-13/h2-5,9,16H,6-7H2,1H3,(H,17,18,19,20). The minimum Gasteiger partial charge on any atom is -0.360 e. The Morgan fingerprint density at radius 1 is 1.39 bits per heavy atom. The van der Waals surface area contributed by atoms with Crippen molar-refractivity contribution in [2.24, 2.45) is 0 Å². The van der Waals surface area contributed by atoms with Crippen LogP contribution in [0.4, 0.5) is 16.2 Å². The summed E-state index contributed by atoms with van der Waals surface area (Å²) in [5.41, 5.74) is 1.89. The van der Waals surface area contributed by atoms with E-state index in [1.807, 2.05) is 30.3 Å². The third-order valence-corrected chi connectivity index (χ3v) is 3.49. The van der Waals surface area contributed by atoms with E-state index >= 15 is 0 Å². The van der Waals surface area contributed by atoms with Crippen LogP contribution in [0.3, 0.4) is 0 Å². The highest BCUT2D eigenvalue weighted by molar-refractivity contribution is 5.94. The molecule has 2 heterocycles. The van der Waals surface area contributed by atoms with Crippen molar-refractivity contribution < 1.29 is 4.79 Å². The lowest BCUT2D eigenvalue weighted by Crippen LogP contribution is -2.29. The van der Waals surface area contributed by atoms with Crippen molar-refractivity contribution in [2.75, 3.05) is 30.4 Å². The Hall–Kier alpha value is -3.41.